The number of rotatable bonds is 1. The summed E-state index contributed by atoms with van der Waals surface area (Å²) in [6.07, 6.45) is 3.01. The third-order valence-electron chi connectivity index (χ3n) is 2.88. The molecule has 0 amide bonds. The average molecular weight is 190 g/mol. The van der Waals surface area contributed by atoms with Gasteiger partial charge in [-0.2, -0.15) is 0 Å². The van der Waals surface area contributed by atoms with Gasteiger partial charge in [-0.15, -0.1) is 0 Å². The van der Waals surface area contributed by atoms with Crippen molar-refractivity contribution in [2.45, 2.75) is 12.5 Å². The van der Waals surface area contributed by atoms with Crippen molar-refractivity contribution in [3.8, 4) is 0 Å². The molecule has 1 aromatic carbocycles. The van der Waals surface area contributed by atoms with E-state index in [-0.39, 0.29) is 5.82 Å². The average Bonchev–Trinajstić information content (AvgIpc) is 2.47. The number of aromatic nitrogens is 1. The van der Waals surface area contributed by atoms with E-state index in [0.717, 1.165) is 29.4 Å². The van der Waals surface area contributed by atoms with E-state index < -0.39 is 0 Å². The minimum atomic E-state index is -0.132. The number of nitrogens with one attached hydrogen (secondary N) is 2. The largest absolute Gasteiger partial charge is 0.361 e. The standard InChI is InChI=1S/C11H11FN2/c12-8-2-1-3-10-11(8)7(6-14-10)9-4-5-13-9/h1-3,6,9,13-14H,4-5H2. The normalized spacial score (nSPS) is 21.1. The van der Waals surface area contributed by atoms with Gasteiger partial charge in [0.05, 0.1) is 0 Å². The molecule has 2 nitrogen and oxygen atoms in total. The molecule has 2 N–H and O–H groups in total. The zero-order valence-electron chi connectivity index (χ0n) is 7.68. The first-order valence-corrected chi connectivity index (χ1v) is 4.85. The lowest BCUT2D eigenvalue weighted by Gasteiger charge is -2.27. The van der Waals surface area contributed by atoms with Gasteiger partial charge >= 0.3 is 0 Å². The van der Waals surface area contributed by atoms with Gasteiger partial charge in [0.1, 0.15) is 5.82 Å². The molecule has 1 aliphatic heterocycles. The van der Waals surface area contributed by atoms with Crippen LogP contribution in [0.1, 0.15) is 18.0 Å². The van der Waals surface area contributed by atoms with Crippen molar-refractivity contribution >= 4 is 10.9 Å². The van der Waals surface area contributed by atoms with Gasteiger partial charge in [-0.1, -0.05) is 6.07 Å². The fourth-order valence-electron chi connectivity index (χ4n) is 1.99. The fraction of sp³-hybridized carbons (Fsp3) is 0.273. The fourth-order valence-corrected chi connectivity index (χ4v) is 1.99. The molecule has 3 rings (SSSR count). The van der Waals surface area contributed by atoms with Crippen LogP contribution in [0.15, 0.2) is 24.4 Å². The summed E-state index contributed by atoms with van der Waals surface area (Å²) < 4.78 is 13.6. The molecule has 1 aromatic heterocycles. The molecule has 1 fully saturated rings. The van der Waals surface area contributed by atoms with Crippen LogP contribution in [-0.2, 0) is 0 Å². The van der Waals surface area contributed by atoms with Gasteiger partial charge < -0.3 is 10.3 Å². The highest BCUT2D eigenvalue weighted by atomic mass is 19.1. The van der Waals surface area contributed by atoms with E-state index in [1.807, 2.05) is 12.3 Å². The van der Waals surface area contributed by atoms with Crippen LogP contribution in [-0.4, -0.2) is 11.5 Å². The van der Waals surface area contributed by atoms with Crippen LogP contribution in [0.4, 0.5) is 4.39 Å². The van der Waals surface area contributed by atoms with Crippen LogP contribution in [0, 0.1) is 5.82 Å². The minimum Gasteiger partial charge on any atom is -0.361 e. The van der Waals surface area contributed by atoms with E-state index in [0.29, 0.717) is 6.04 Å². The second-order valence-electron chi connectivity index (χ2n) is 3.70. The van der Waals surface area contributed by atoms with E-state index in [4.69, 9.17) is 0 Å². The molecule has 0 bridgehead atoms. The molecule has 0 radical (unpaired) electrons. The van der Waals surface area contributed by atoms with Gasteiger partial charge in [-0.25, -0.2) is 4.39 Å². The maximum atomic E-state index is 13.6. The first kappa shape index (κ1) is 8.00. The maximum Gasteiger partial charge on any atom is 0.132 e. The molecule has 1 atom stereocenters. The SMILES string of the molecule is Fc1cccc2[nH]cc(C3CCN3)c12. The first-order valence-electron chi connectivity index (χ1n) is 4.85. The molecule has 3 heteroatoms. The second kappa shape index (κ2) is 2.82. The van der Waals surface area contributed by atoms with E-state index in [9.17, 15) is 4.39 Å². The molecular weight excluding hydrogens is 179 g/mol. The lowest BCUT2D eigenvalue weighted by atomic mass is 9.97. The van der Waals surface area contributed by atoms with E-state index in [2.05, 4.69) is 10.3 Å². The highest BCUT2D eigenvalue weighted by Gasteiger charge is 2.22. The quantitative estimate of drug-likeness (QED) is 0.709. The Bertz CT molecular complexity index is 471. The van der Waals surface area contributed by atoms with Gasteiger partial charge in [-0.05, 0) is 30.7 Å². The summed E-state index contributed by atoms with van der Waals surface area (Å²) in [7, 11) is 0. The summed E-state index contributed by atoms with van der Waals surface area (Å²) in [5.41, 5.74) is 1.94. The van der Waals surface area contributed by atoms with Crippen molar-refractivity contribution < 1.29 is 4.39 Å². The zero-order valence-corrected chi connectivity index (χ0v) is 7.68. The van der Waals surface area contributed by atoms with Crippen molar-refractivity contribution in [3.05, 3.63) is 35.8 Å². The van der Waals surface area contributed by atoms with E-state index in [1.54, 1.807) is 6.07 Å². The Hall–Kier alpha value is -1.35. The summed E-state index contributed by atoms with van der Waals surface area (Å²) in [4.78, 5) is 3.10. The molecule has 72 valence electrons. The molecule has 0 spiro atoms. The highest BCUT2D eigenvalue weighted by Crippen LogP contribution is 2.31. The zero-order chi connectivity index (χ0) is 9.54. The van der Waals surface area contributed by atoms with Crippen LogP contribution >= 0.6 is 0 Å². The molecule has 14 heavy (non-hydrogen) atoms. The third kappa shape index (κ3) is 0.990. The van der Waals surface area contributed by atoms with Crippen molar-refractivity contribution in [1.29, 1.82) is 0 Å². The minimum absolute atomic E-state index is 0.132. The topological polar surface area (TPSA) is 27.8 Å². The van der Waals surface area contributed by atoms with Crippen molar-refractivity contribution in [3.63, 3.8) is 0 Å². The Morgan fingerprint density at radius 3 is 2.93 bits per heavy atom. The second-order valence-corrected chi connectivity index (χ2v) is 3.70. The van der Waals surface area contributed by atoms with Crippen LogP contribution in [0.2, 0.25) is 0 Å². The van der Waals surface area contributed by atoms with Crippen LogP contribution < -0.4 is 5.32 Å². The number of H-pyrrole nitrogens is 1. The van der Waals surface area contributed by atoms with E-state index in [1.165, 1.54) is 6.07 Å². The summed E-state index contributed by atoms with van der Waals surface area (Å²) in [6, 6.07) is 5.48. The van der Waals surface area contributed by atoms with Gasteiger partial charge in [-0.3, -0.25) is 0 Å². The van der Waals surface area contributed by atoms with Gasteiger partial charge in [0.2, 0.25) is 0 Å². The number of aromatic amines is 1. The van der Waals surface area contributed by atoms with Gasteiger partial charge in [0, 0.05) is 23.1 Å². The Labute approximate surface area is 81.1 Å². The monoisotopic (exact) mass is 190 g/mol. The number of hydrogen-bond donors (Lipinski definition) is 2. The molecular formula is C11H11FN2. The van der Waals surface area contributed by atoms with Gasteiger partial charge in [0.25, 0.3) is 0 Å². The molecule has 1 aliphatic rings. The molecule has 2 aromatic rings. The predicted octanol–water partition coefficient (Wildman–Crippen LogP) is 2.34. The van der Waals surface area contributed by atoms with Crippen LogP contribution in [0.5, 0.6) is 0 Å². The van der Waals surface area contributed by atoms with Gasteiger partial charge in [0.15, 0.2) is 0 Å². The van der Waals surface area contributed by atoms with Crippen molar-refractivity contribution in [2.24, 2.45) is 0 Å². The van der Waals surface area contributed by atoms with E-state index >= 15 is 0 Å². The Morgan fingerprint density at radius 1 is 1.36 bits per heavy atom. The lowest BCUT2D eigenvalue weighted by Crippen LogP contribution is -2.34. The van der Waals surface area contributed by atoms with Crippen molar-refractivity contribution in [2.75, 3.05) is 6.54 Å². The number of halogens is 1. The molecule has 1 unspecified atom stereocenters. The third-order valence-corrected chi connectivity index (χ3v) is 2.88. The number of fused-ring (bicyclic) bond motifs is 1. The lowest BCUT2D eigenvalue weighted by molar-refractivity contribution is 0.385. The van der Waals surface area contributed by atoms with Crippen LogP contribution in [0.25, 0.3) is 10.9 Å². The summed E-state index contributed by atoms with van der Waals surface area (Å²) in [5, 5.41) is 4.02. The smallest absolute Gasteiger partial charge is 0.132 e. The molecule has 0 saturated carbocycles. The summed E-state index contributed by atoms with van der Waals surface area (Å²) in [5.74, 6) is -0.132. The molecule has 2 heterocycles. The Morgan fingerprint density at radius 2 is 2.21 bits per heavy atom. The first-order chi connectivity index (χ1) is 6.86. The highest BCUT2D eigenvalue weighted by molar-refractivity contribution is 5.84. The molecule has 0 aliphatic carbocycles. The Kier molecular flexibility index (Phi) is 1.61. The van der Waals surface area contributed by atoms with Crippen molar-refractivity contribution in [1.82, 2.24) is 10.3 Å². The predicted molar refractivity (Wildman–Crippen MR) is 53.6 cm³/mol. The number of hydrogen-bond acceptors (Lipinski definition) is 1. The summed E-state index contributed by atoms with van der Waals surface area (Å²) >= 11 is 0. The Balaban J connectivity index is 2.23. The number of benzene rings is 1. The molecule has 1 saturated heterocycles. The maximum absolute atomic E-state index is 13.6. The van der Waals surface area contributed by atoms with Crippen LogP contribution in [0.3, 0.4) is 0 Å². The summed E-state index contributed by atoms with van der Waals surface area (Å²) in [6.45, 7) is 1.03.